The number of hydrogen-bond acceptors (Lipinski definition) is 4. The van der Waals surface area contributed by atoms with Crippen molar-refractivity contribution in [1.82, 2.24) is 14.5 Å². The third-order valence-corrected chi connectivity index (χ3v) is 4.71. The van der Waals surface area contributed by atoms with Crippen molar-refractivity contribution < 1.29 is 13.5 Å². The molecule has 0 saturated carbocycles. The molecule has 98 valence electrons. The molecule has 0 amide bonds. The number of aliphatic hydroxyl groups is 1. The zero-order valence-corrected chi connectivity index (χ0v) is 11.2. The first-order valence-electron chi connectivity index (χ1n) is 5.63. The SMILES string of the molecule is CCCN(CC)S(=O)(=O)c1c(CO)n[nH]c1C. The summed E-state index contributed by atoms with van der Waals surface area (Å²) in [6, 6.07) is 0. The molecule has 0 aliphatic heterocycles. The summed E-state index contributed by atoms with van der Waals surface area (Å²) < 4.78 is 26.1. The van der Waals surface area contributed by atoms with Crippen LogP contribution < -0.4 is 0 Å². The van der Waals surface area contributed by atoms with Crippen LogP contribution in [0.1, 0.15) is 31.7 Å². The summed E-state index contributed by atoms with van der Waals surface area (Å²) in [5.41, 5.74) is 0.639. The molecule has 0 aliphatic carbocycles. The van der Waals surface area contributed by atoms with Gasteiger partial charge in [-0.1, -0.05) is 13.8 Å². The van der Waals surface area contributed by atoms with Crippen LogP contribution in [0.2, 0.25) is 0 Å². The Morgan fingerprint density at radius 2 is 2.06 bits per heavy atom. The molecule has 0 fully saturated rings. The second-order valence-electron chi connectivity index (χ2n) is 3.78. The molecule has 0 aromatic carbocycles. The lowest BCUT2D eigenvalue weighted by molar-refractivity contribution is 0.273. The van der Waals surface area contributed by atoms with E-state index in [-0.39, 0.29) is 17.2 Å². The first-order valence-corrected chi connectivity index (χ1v) is 7.07. The van der Waals surface area contributed by atoms with Gasteiger partial charge in [0.25, 0.3) is 0 Å². The Morgan fingerprint density at radius 3 is 2.53 bits per heavy atom. The van der Waals surface area contributed by atoms with Gasteiger partial charge in [-0.15, -0.1) is 0 Å². The Bertz CT molecular complexity index is 467. The summed E-state index contributed by atoms with van der Waals surface area (Å²) in [5, 5.41) is 15.5. The van der Waals surface area contributed by atoms with E-state index in [0.717, 1.165) is 6.42 Å². The average Bonchev–Trinajstić information content (AvgIpc) is 2.67. The minimum Gasteiger partial charge on any atom is -0.390 e. The zero-order chi connectivity index (χ0) is 13.1. The molecule has 2 N–H and O–H groups in total. The highest BCUT2D eigenvalue weighted by Gasteiger charge is 2.29. The molecule has 1 aromatic heterocycles. The predicted molar refractivity (Wildman–Crippen MR) is 64.0 cm³/mol. The quantitative estimate of drug-likeness (QED) is 0.786. The van der Waals surface area contributed by atoms with Crippen LogP contribution in [0.5, 0.6) is 0 Å². The van der Waals surface area contributed by atoms with Crippen LogP contribution in [0, 0.1) is 6.92 Å². The molecule has 6 nitrogen and oxygen atoms in total. The van der Waals surface area contributed by atoms with Gasteiger partial charge in [0.2, 0.25) is 10.0 Å². The molecule has 0 bridgehead atoms. The number of rotatable bonds is 6. The lowest BCUT2D eigenvalue weighted by Gasteiger charge is -2.19. The Balaban J connectivity index is 3.24. The van der Waals surface area contributed by atoms with E-state index < -0.39 is 10.0 Å². The minimum atomic E-state index is -3.56. The van der Waals surface area contributed by atoms with Crippen LogP contribution in [0.4, 0.5) is 0 Å². The van der Waals surface area contributed by atoms with Gasteiger partial charge >= 0.3 is 0 Å². The highest BCUT2D eigenvalue weighted by atomic mass is 32.2. The first kappa shape index (κ1) is 14.1. The maximum Gasteiger partial charge on any atom is 0.246 e. The molecule has 0 unspecified atom stereocenters. The van der Waals surface area contributed by atoms with E-state index in [2.05, 4.69) is 10.2 Å². The second-order valence-corrected chi connectivity index (χ2v) is 5.65. The number of nitrogens with zero attached hydrogens (tertiary/aromatic N) is 2. The van der Waals surface area contributed by atoms with Gasteiger partial charge in [-0.3, -0.25) is 5.10 Å². The number of aromatic nitrogens is 2. The highest BCUT2D eigenvalue weighted by Crippen LogP contribution is 2.22. The van der Waals surface area contributed by atoms with Crippen LogP contribution in [-0.4, -0.2) is 41.1 Å². The smallest absolute Gasteiger partial charge is 0.246 e. The van der Waals surface area contributed by atoms with E-state index >= 15 is 0 Å². The molecular formula is C10H19N3O3S. The Hall–Kier alpha value is -0.920. The van der Waals surface area contributed by atoms with Crippen molar-refractivity contribution in [2.24, 2.45) is 0 Å². The fourth-order valence-electron chi connectivity index (χ4n) is 1.75. The number of nitrogens with one attached hydrogen (secondary N) is 1. The summed E-state index contributed by atoms with van der Waals surface area (Å²) in [4.78, 5) is 0.107. The molecule has 0 atom stereocenters. The van der Waals surface area contributed by atoms with Crippen molar-refractivity contribution in [3.8, 4) is 0 Å². The summed E-state index contributed by atoms with van der Waals surface area (Å²) >= 11 is 0. The molecule has 0 saturated heterocycles. The van der Waals surface area contributed by atoms with Crippen LogP contribution >= 0.6 is 0 Å². The Kier molecular flexibility index (Phi) is 4.67. The van der Waals surface area contributed by atoms with Gasteiger partial charge in [0.05, 0.1) is 12.3 Å². The van der Waals surface area contributed by atoms with Gasteiger partial charge in [-0.05, 0) is 13.3 Å². The van der Waals surface area contributed by atoms with Gasteiger partial charge in [0, 0.05) is 13.1 Å². The fraction of sp³-hybridized carbons (Fsp3) is 0.700. The average molecular weight is 261 g/mol. The number of aromatic amines is 1. The monoisotopic (exact) mass is 261 g/mol. The summed E-state index contributed by atoms with van der Waals surface area (Å²) in [6.45, 7) is 5.84. The predicted octanol–water partition coefficient (Wildman–Crippen LogP) is 0.631. The van der Waals surface area contributed by atoms with Gasteiger partial charge < -0.3 is 5.11 Å². The van der Waals surface area contributed by atoms with Crippen molar-refractivity contribution in [3.05, 3.63) is 11.4 Å². The first-order chi connectivity index (χ1) is 7.98. The standard InChI is InChI=1S/C10H19N3O3S/c1-4-6-13(5-2)17(15,16)10-8(3)11-12-9(10)7-14/h14H,4-7H2,1-3H3,(H,11,12). The molecule has 7 heteroatoms. The van der Waals surface area contributed by atoms with Gasteiger partial charge in [0.1, 0.15) is 10.6 Å². The number of hydrogen-bond donors (Lipinski definition) is 2. The lowest BCUT2D eigenvalue weighted by atomic mass is 10.4. The summed E-state index contributed by atoms with van der Waals surface area (Å²) in [6.07, 6.45) is 0.748. The van der Waals surface area contributed by atoms with Crippen LogP contribution in [0.15, 0.2) is 4.90 Å². The van der Waals surface area contributed by atoms with E-state index in [9.17, 15) is 8.42 Å². The van der Waals surface area contributed by atoms with E-state index in [1.54, 1.807) is 13.8 Å². The van der Waals surface area contributed by atoms with Crippen molar-refractivity contribution in [3.63, 3.8) is 0 Å². The number of aliphatic hydroxyl groups excluding tert-OH is 1. The van der Waals surface area contributed by atoms with E-state index in [0.29, 0.717) is 18.8 Å². The van der Waals surface area contributed by atoms with Crippen LogP contribution in [0.3, 0.4) is 0 Å². The zero-order valence-electron chi connectivity index (χ0n) is 10.4. The number of H-pyrrole nitrogens is 1. The minimum absolute atomic E-state index is 0.107. The molecule has 0 aliphatic rings. The molecule has 0 radical (unpaired) electrons. The van der Waals surface area contributed by atoms with Crippen molar-refractivity contribution in [2.75, 3.05) is 13.1 Å². The molecule has 1 heterocycles. The summed E-state index contributed by atoms with van der Waals surface area (Å²) in [5.74, 6) is 0. The number of sulfonamides is 1. The molecule has 0 spiro atoms. The maximum atomic E-state index is 12.4. The maximum absolute atomic E-state index is 12.4. The van der Waals surface area contributed by atoms with Crippen LogP contribution in [0.25, 0.3) is 0 Å². The lowest BCUT2D eigenvalue weighted by Crippen LogP contribution is -2.32. The molecular weight excluding hydrogens is 242 g/mol. The third kappa shape index (κ3) is 2.67. The third-order valence-electron chi connectivity index (χ3n) is 2.53. The highest BCUT2D eigenvalue weighted by molar-refractivity contribution is 7.89. The topological polar surface area (TPSA) is 86.3 Å². The van der Waals surface area contributed by atoms with Gasteiger partial charge in [-0.25, -0.2) is 8.42 Å². The van der Waals surface area contributed by atoms with Crippen molar-refractivity contribution in [2.45, 2.75) is 38.7 Å². The number of aryl methyl sites for hydroxylation is 1. The van der Waals surface area contributed by atoms with Crippen molar-refractivity contribution >= 4 is 10.0 Å². The fourth-order valence-corrected chi connectivity index (χ4v) is 3.61. The Labute approximate surface area is 102 Å². The van der Waals surface area contributed by atoms with Crippen molar-refractivity contribution in [1.29, 1.82) is 0 Å². The second kappa shape index (κ2) is 5.61. The van der Waals surface area contributed by atoms with Gasteiger partial charge in [-0.2, -0.15) is 9.40 Å². The molecule has 1 aromatic rings. The van der Waals surface area contributed by atoms with Gasteiger partial charge in [0.15, 0.2) is 0 Å². The molecule has 17 heavy (non-hydrogen) atoms. The van der Waals surface area contributed by atoms with E-state index in [1.807, 2.05) is 6.92 Å². The normalized spacial score (nSPS) is 12.3. The largest absolute Gasteiger partial charge is 0.390 e. The Morgan fingerprint density at radius 1 is 1.41 bits per heavy atom. The molecule has 1 rings (SSSR count). The van der Waals surface area contributed by atoms with Crippen LogP contribution in [-0.2, 0) is 16.6 Å². The van der Waals surface area contributed by atoms with E-state index in [4.69, 9.17) is 5.11 Å². The van der Waals surface area contributed by atoms with E-state index in [1.165, 1.54) is 4.31 Å². The summed E-state index contributed by atoms with van der Waals surface area (Å²) in [7, 11) is -3.56.